The molecule has 0 unspecified atom stereocenters. The van der Waals surface area contributed by atoms with Crippen molar-refractivity contribution in [2.24, 2.45) is 0 Å². The van der Waals surface area contributed by atoms with Crippen LogP contribution in [0.15, 0.2) is 77.3 Å². The van der Waals surface area contributed by atoms with Gasteiger partial charge in [0.2, 0.25) is 0 Å². The van der Waals surface area contributed by atoms with E-state index in [0.717, 1.165) is 21.5 Å². The minimum Gasteiger partial charge on any atom is -0.455 e. The van der Waals surface area contributed by atoms with Crippen LogP contribution >= 0.6 is 0 Å². The van der Waals surface area contributed by atoms with Gasteiger partial charge in [-0.15, -0.1) is 0 Å². The topological polar surface area (TPSA) is 26.0 Å². The number of para-hydroxylation sites is 1. The molecule has 114 valence electrons. The molecule has 0 saturated heterocycles. The molecular weight excluding hydrogens is 294 g/mol. The molecule has 0 aliphatic rings. The van der Waals surface area contributed by atoms with E-state index in [1.54, 1.807) is 12.1 Å². The predicted molar refractivity (Wildman–Crippen MR) is 99.2 cm³/mol. The maximum absolute atomic E-state index is 8.44. The number of hydrogen-bond acceptors (Lipinski definition) is 2. The highest BCUT2D eigenvalue weighted by Gasteiger charge is 2.13. The van der Waals surface area contributed by atoms with Gasteiger partial charge in [0.1, 0.15) is 11.2 Å². The standard InChI is InChI=1S/C22H15NO/c1-14-9-10-23-20(11-14)18-8-4-7-17-19-12-15-5-2-3-6-16(15)13-21(19)24-22(17)18/h2-13H,1H3/i1D3,9D,10D,11D. The molecule has 0 atom stereocenters. The van der Waals surface area contributed by atoms with E-state index in [9.17, 15) is 0 Å². The van der Waals surface area contributed by atoms with Crippen molar-refractivity contribution in [1.82, 2.24) is 4.98 Å². The van der Waals surface area contributed by atoms with Crippen LogP contribution < -0.4 is 0 Å². The second-order valence-electron chi connectivity index (χ2n) is 5.68. The first kappa shape index (κ1) is 8.65. The van der Waals surface area contributed by atoms with Gasteiger partial charge in [0.25, 0.3) is 0 Å². The SMILES string of the molecule is [2H]c1nc(-c2cccc3c2oc2cc4ccccc4cc23)c([2H])c(C([2H])([2H])[2H])c1[2H]. The summed E-state index contributed by atoms with van der Waals surface area (Å²) in [4.78, 5) is 4.07. The lowest BCUT2D eigenvalue weighted by atomic mass is 10.0. The van der Waals surface area contributed by atoms with Crippen LogP contribution in [0.1, 0.15) is 13.8 Å². The van der Waals surface area contributed by atoms with Gasteiger partial charge in [0, 0.05) is 26.6 Å². The van der Waals surface area contributed by atoms with Crippen LogP contribution in [0.3, 0.4) is 0 Å². The highest BCUT2D eigenvalue weighted by Crippen LogP contribution is 2.36. The third kappa shape index (κ3) is 1.93. The fourth-order valence-electron chi connectivity index (χ4n) is 3.11. The molecule has 0 N–H and O–H groups in total. The Balaban J connectivity index is 1.86. The molecule has 0 aliphatic carbocycles. The van der Waals surface area contributed by atoms with Gasteiger partial charge in [-0.2, -0.15) is 0 Å². The molecule has 0 spiro atoms. The fraction of sp³-hybridized carbons (Fsp3) is 0.0455. The summed E-state index contributed by atoms with van der Waals surface area (Å²) >= 11 is 0. The van der Waals surface area contributed by atoms with E-state index in [4.69, 9.17) is 12.6 Å². The van der Waals surface area contributed by atoms with Crippen molar-refractivity contribution in [1.29, 1.82) is 0 Å². The lowest BCUT2D eigenvalue weighted by Crippen LogP contribution is -1.84. The Morgan fingerprint density at radius 3 is 2.75 bits per heavy atom. The Bertz CT molecular complexity index is 1470. The molecule has 0 amide bonds. The van der Waals surface area contributed by atoms with Crippen molar-refractivity contribution in [3.05, 3.63) is 78.4 Å². The maximum Gasteiger partial charge on any atom is 0.144 e. The summed E-state index contributed by atoms with van der Waals surface area (Å²) in [5.74, 6) is 0. The van der Waals surface area contributed by atoms with E-state index in [-0.39, 0.29) is 11.7 Å². The van der Waals surface area contributed by atoms with Gasteiger partial charge < -0.3 is 4.42 Å². The summed E-state index contributed by atoms with van der Waals surface area (Å²) in [6.45, 7) is -2.69. The molecule has 0 saturated carbocycles. The van der Waals surface area contributed by atoms with Crippen molar-refractivity contribution >= 4 is 32.7 Å². The molecule has 0 aliphatic heterocycles. The van der Waals surface area contributed by atoms with Gasteiger partial charge in [0.15, 0.2) is 0 Å². The molecule has 0 fully saturated rings. The summed E-state index contributed by atoms with van der Waals surface area (Å²) in [5, 5.41) is 3.80. The summed E-state index contributed by atoms with van der Waals surface area (Å²) < 4.78 is 53.6. The molecule has 2 heteroatoms. The summed E-state index contributed by atoms with van der Waals surface area (Å²) in [5.41, 5.74) is 1.11. The second kappa shape index (κ2) is 4.93. The van der Waals surface area contributed by atoms with Crippen LogP contribution in [0, 0.1) is 6.85 Å². The van der Waals surface area contributed by atoms with Crippen molar-refractivity contribution in [2.45, 2.75) is 6.85 Å². The van der Waals surface area contributed by atoms with Crippen molar-refractivity contribution in [3.8, 4) is 11.3 Å². The van der Waals surface area contributed by atoms with Gasteiger partial charge >= 0.3 is 0 Å². The number of fused-ring (bicyclic) bond motifs is 4. The van der Waals surface area contributed by atoms with Crippen molar-refractivity contribution in [2.75, 3.05) is 0 Å². The Morgan fingerprint density at radius 2 is 1.88 bits per heavy atom. The molecule has 2 heterocycles. The van der Waals surface area contributed by atoms with Crippen LogP contribution in [0.2, 0.25) is 0 Å². The molecule has 24 heavy (non-hydrogen) atoms. The molecule has 0 radical (unpaired) electrons. The van der Waals surface area contributed by atoms with Crippen LogP contribution in [-0.4, -0.2) is 4.98 Å². The van der Waals surface area contributed by atoms with E-state index in [0.29, 0.717) is 16.7 Å². The molecule has 2 aromatic heterocycles. The minimum absolute atomic E-state index is 0.0244. The third-order valence-corrected chi connectivity index (χ3v) is 4.21. The lowest BCUT2D eigenvalue weighted by molar-refractivity contribution is 0.670. The average molecular weight is 315 g/mol. The highest BCUT2D eigenvalue weighted by atomic mass is 16.3. The molecule has 0 bridgehead atoms. The Kier molecular flexibility index (Phi) is 1.78. The Morgan fingerprint density at radius 1 is 1.00 bits per heavy atom. The van der Waals surface area contributed by atoms with Crippen molar-refractivity contribution in [3.63, 3.8) is 0 Å². The number of aromatic nitrogens is 1. The number of nitrogens with zero attached hydrogens (tertiary/aromatic N) is 1. The Hall–Kier alpha value is -3.13. The van der Waals surface area contributed by atoms with Gasteiger partial charge in [-0.1, -0.05) is 36.4 Å². The fourth-order valence-corrected chi connectivity index (χ4v) is 3.11. The van der Waals surface area contributed by atoms with Crippen LogP contribution in [0.4, 0.5) is 0 Å². The number of benzene rings is 3. The van der Waals surface area contributed by atoms with Gasteiger partial charge in [0.05, 0.1) is 9.81 Å². The number of pyridine rings is 1. The molecule has 2 nitrogen and oxygen atoms in total. The monoisotopic (exact) mass is 315 g/mol. The highest BCUT2D eigenvalue weighted by molar-refractivity contribution is 6.12. The number of hydrogen-bond donors (Lipinski definition) is 0. The van der Waals surface area contributed by atoms with E-state index in [1.165, 1.54) is 0 Å². The van der Waals surface area contributed by atoms with Crippen molar-refractivity contribution < 1.29 is 12.6 Å². The number of furan rings is 1. The summed E-state index contributed by atoms with van der Waals surface area (Å²) in [7, 11) is 0. The molecule has 5 aromatic rings. The molecule has 5 rings (SSSR count). The minimum atomic E-state index is -2.69. The van der Waals surface area contributed by atoms with Gasteiger partial charge in [-0.25, -0.2) is 0 Å². The zero-order valence-electron chi connectivity index (χ0n) is 18.6. The Labute approximate surface area is 147 Å². The van der Waals surface area contributed by atoms with Crippen LogP contribution in [0.25, 0.3) is 44.0 Å². The first-order chi connectivity index (χ1) is 14.3. The predicted octanol–water partition coefficient (Wildman–Crippen LogP) is 6.11. The molecular formula is C22H15NO. The summed E-state index contributed by atoms with van der Waals surface area (Å²) in [6.07, 6.45) is -0.481. The first-order valence-corrected chi connectivity index (χ1v) is 7.58. The third-order valence-electron chi connectivity index (χ3n) is 4.21. The van der Waals surface area contributed by atoms with Gasteiger partial charge in [-0.05, 0) is 53.5 Å². The normalized spacial score (nSPS) is 15.7. The van der Waals surface area contributed by atoms with E-state index < -0.39 is 24.6 Å². The summed E-state index contributed by atoms with van der Waals surface area (Å²) in [6, 6.07) is 16.4. The van der Waals surface area contributed by atoms with Crippen LogP contribution in [0.5, 0.6) is 0 Å². The zero-order valence-corrected chi connectivity index (χ0v) is 12.6. The maximum atomic E-state index is 8.44. The average Bonchev–Trinajstić information content (AvgIpc) is 3.06. The zero-order chi connectivity index (χ0) is 21.2. The van der Waals surface area contributed by atoms with E-state index in [1.807, 2.05) is 42.5 Å². The number of rotatable bonds is 1. The quantitative estimate of drug-likeness (QED) is 0.373. The van der Waals surface area contributed by atoms with E-state index >= 15 is 0 Å². The second-order valence-corrected chi connectivity index (χ2v) is 5.68. The molecule has 3 aromatic carbocycles. The van der Waals surface area contributed by atoms with E-state index in [2.05, 4.69) is 4.98 Å². The lowest BCUT2D eigenvalue weighted by Gasteiger charge is -2.02. The van der Waals surface area contributed by atoms with Crippen LogP contribution in [-0.2, 0) is 0 Å². The largest absolute Gasteiger partial charge is 0.455 e. The smallest absolute Gasteiger partial charge is 0.144 e. The van der Waals surface area contributed by atoms with Gasteiger partial charge in [-0.3, -0.25) is 4.98 Å². The first-order valence-electron chi connectivity index (χ1n) is 10.6.